The van der Waals surface area contributed by atoms with Gasteiger partial charge in [0, 0.05) is 0 Å². The van der Waals surface area contributed by atoms with Crippen LogP contribution in [0.1, 0.15) is 27.8 Å². The Hall–Kier alpha value is -2.11. The summed E-state index contributed by atoms with van der Waals surface area (Å²) in [6.45, 7) is 3.34. The number of esters is 1. The van der Waals surface area contributed by atoms with Crippen LogP contribution in [0.2, 0.25) is 0 Å². The second kappa shape index (κ2) is 4.18. The molecule has 0 aliphatic carbocycles. The summed E-state index contributed by atoms with van der Waals surface area (Å²) in [5.74, 6) is 0.825. The Balaban J connectivity index is 1.96. The molecule has 0 spiro atoms. The van der Waals surface area contributed by atoms with Crippen molar-refractivity contribution >= 4 is 5.97 Å². The molecule has 16 heavy (non-hydrogen) atoms. The van der Waals surface area contributed by atoms with E-state index in [9.17, 15) is 4.79 Å². The van der Waals surface area contributed by atoms with Gasteiger partial charge in [0.25, 0.3) is 5.89 Å². The molecule has 2 aromatic rings. The molecule has 2 heterocycles. The minimum absolute atomic E-state index is 0.0374. The lowest BCUT2D eigenvalue weighted by Crippen LogP contribution is -2.05. The summed E-state index contributed by atoms with van der Waals surface area (Å²) in [5, 5.41) is 3.58. The highest BCUT2D eigenvalue weighted by molar-refractivity contribution is 5.90. The predicted molar refractivity (Wildman–Crippen MR) is 51.6 cm³/mol. The summed E-state index contributed by atoms with van der Waals surface area (Å²) in [6, 6.07) is 1.55. The molecule has 0 aliphatic heterocycles. The molecule has 84 valence electrons. The first-order valence-electron chi connectivity index (χ1n) is 4.67. The second-order valence-corrected chi connectivity index (χ2v) is 3.20. The van der Waals surface area contributed by atoms with Gasteiger partial charge in [-0.2, -0.15) is 4.98 Å². The number of furan rings is 1. The number of hydrogen-bond acceptors (Lipinski definition) is 6. The summed E-state index contributed by atoms with van der Waals surface area (Å²) in [6.07, 6.45) is 1.43. The van der Waals surface area contributed by atoms with Crippen molar-refractivity contribution in [1.29, 1.82) is 0 Å². The normalized spacial score (nSPS) is 10.4. The maximum Gasteiger partial charge on any atom is 0.342 e. The van der Waals surface area contributed by atoms with Gasteiger partial charge in [-0.15, -0.1) is 0 Å². The molecular formula is C10H10N2O4. The van der Waals surface area contributed by atoms with Gasteiger partial charge in [0.05, 0.1) is 6.26 Å². The van der Waals surface area contributed by atoms with Crippen LogP contribution in [-0.2, 0) is 11.3 Å². The lowest BCUT2D eigenvalue weighted by molar-refractivity contribution is 0.0428. The molecule has 2 rings (SSSR count). The molecule has 0 atom stereocenters. The molecule has 6 nitrogen and oxygen atoms in total. The van der Waals surface area contributed by atoms with Crippen LogP contribution < -0.4 is 0 Å². The van der Waals surface area contributed by atoms with Gasteiger partial charge in [-0.25, -0.2) is 4.79 Å². The van der Waals surface area contributed by atoms with Gasteiger partial charge in [-0.1, -0.05) is 5.16 Å². The number of carbonyl (C=O) groups excluding carboxylic acids is 1. The average molecular weight is 222 g/mol. The van der Waals surface area contributed by atoms with E-state index in [1.807, 2.05) is 0 Å². The molecule has 2 aromatic heterocycles. The standard InChI is InChI=1S/C10H10N2O4/c1-6-8(3-4-14-6)10(13)15-5-9-11-7(2)12-16-9/h3-4H,5H2,1-2H3. The van der Waals surface area contributed by atoms with Gasteiger partial charge >= 0.3 is 5.97 Å². The smallest absolute Gasteiger partial charge is 0.342 e. The highest BCUT2D eigenvalue weighted by atomic mass is 16.6. The van der Waals surface area contributed by atoms with Gasteiger partial charge in [-0.05, 0) is 19.9 Å². The van der Waals surface area contributed by atoms with Gasteiger partial charge in [0.1, 0.15) is 11.3 Å². The number of carbonyl (C=O) groups is 1. The quantitative estimate of drug-likeness (QED) is 0.734. The Labute approximate surface area is 91.2 Å². The minimum Gasteiger partial charge on any atom is -0.469 e. The molecule has 0 bridgehead atoms. The first-order chi connectivity index (χ1) is 7.66. The topological polar surface area (TPSA) is 78.4 Å². The van der Waals surface area contributed by atoms with E-state index in [-0.39, 0.29) is 12.5 Å². The third-order valence-corrected chi connectivity index (χ3v) is 1.98. The Morgan fingerprint density at radius 3 is 2.88 bits per heavy atom. The summed E-state index contributed by atoms with van der Waals surface area (Å²) >= 11 is 0. The van der Waals surface area contributed by atoms with Crippen molar-refractivity contribution in [2.75, 3.05) is 0 Å². The van der Waals surface area contributed by atoms with Crippen molar-refractivity contribution in [3.05, 3.63) is 35.4 Å². The van der Waals surface area contributed by atoms with Crippen LogP contribution in [0.3, 0.4) is 0 Å². The molecule has 0 N–H and O–H groups in total. The number of rotatable bonds is 3. The van der Waals surface area contributed by atoms with Crippen LogP contribution in [0.4, 0.5) is 0 Å². The minimum atomic E-state index is -0.470. The number of nitrogens with zero attached hydrogens (tertiary/aromatic N) is 2. The molecule has 0 unspecified atom stereocenters. The third-order valence-electron chi connectivity index (χ3n) is 1.98. The predicted octanol–water partition coefficient (Wildman–Crippen LogP) is 1.64. The zero-order valence-corrected chi connectivity index (χ0v) is 8.89. The lowest BCUT2D eigenvalue weighted by atomic mass is 10.3. The van der Waals surface area contributed by atoms with Crippen LogP contribution in [0.25, 0.3) is 0 Å². The second-order valence-electron chi connectivity index (χ2n) is 3.20. The van der Waals surface area contributed by atoms with Crippen molar-refractivity contribution in [2.24, 2.45) is 0 Å². The molecular weight excluding hydrogens is 212 g/mol. The SMILES string of the molecule is Cc1noc(COC(=O)c2ccoc2C)n1. The molecule has 0 radical (unpaired) electrons. The van der Waals surface area contributed by atoms with E-state index in [0.717, 1.165) is 0 Å². The maximum absolute atomic E-state index is 11.5. The van der Waals surface area contributed by atoms with Crippen LogP contribution in [0.5, 0.6) is 0 Å². The molecule has 0 amide bonds. The van der Waals surface area contributed by atoms with E-state index in [1.165, 1.54) is 6.26 Å². The number of aryl methyl sites for hydroxylation is 2. The number of aromatic nitrogens is 2. The summed E-state index contributed by atoms with van der Waals surface area (Å²) in [5.41, 5.74) is 0.399. The third kappa shape index (κ3) is 2.10. The van der Waals surface area contributed by atoms with Crippen LogP contribution in [0.15, 0.2) is 21.3 Å². The summed E-state index contributed by atoms with van der Waals surface area (Å²) < 4.78 is 14.8. The van der Waals surface area contributed by atoms with Gasteiger partial charge < -0.3 is 13.7 Å². The van der Waals surface area contributed by atoms with Gasteiger partial charge in [-0.3, -0.25) is 0 Å². The first-order valence-corrected chi connectivity index (χ1v) is 4.67. The average Bonchev–Trinajstić information content (AvgIpc) is 2.84. The fraction of sp³-hybridized carbons (Fsp3) is 0.300. The first kappa shape index (κ1) is 10.4. The van der Waals surface area contributed by atoms with E-state index in [4.69, 9.17) is 13.7 Å². The number of hydrogen-bond donors (Lipinski definition) is 0. The van der Waals surface area contributed by atoms with Crippen LogP contribution in [-0.4, -0.2) is 16.1 Å². The van der Waals surface area contributed by atoms with E-state index in [0.29, 0.717) is 17.1 Å². The van der Waals surface area contributed by atoms with Crippen molar-refractivity contribution < 1.29 is 18.5 Å². The monoisotopic (exact) mass is 222 g/mol. The van der Waals surface area contributed by atoms with Crippen molar-refractivity contribution in [3.63, 3.8) is 0 Å². The summed E-state index contributed by atoms with van der Waals surface area (Å²) in [4.78, 5) is 15.4. The van der Waals surface area contributed by atoms with E-state index < -0.39 is 5.97 Å². The van der Waals surface area contributed by atoms with Crippen molar-refractivity contribution in [2.45, 2.75) is 20.5 Å². The lowest BCUT2D eigenvalue weighted by Gasteiger charge is -1.99. The molecule has 0 saturated carbocycles. The molecule has 6 heteroatoms. The molecule has 0 aliphatic rings. The van der Waals surface area contributed by atoms with Crippen molar-refractivity contribution in [3.8, 4) is 0 Å². The van der Waals surface area contributed by atoms with Gasteiger partial charge in [0.2, 0.25) is 0 Å². The molecule has 0 aromatic carbocycles. The highest BCUT2D eigenvalue weighted by Crippen LogP contribution is 2.11. The van der Waals surface area contributed by atoms with E-state index >= 15 is 0 Å². The van der Waals surface area contributed by atoms with E-state index in [1.54, 1.807) is 19.9 Å². The zero-order chi connectivity index (χ0) is 11.5. The Bertz CT molecular complexity index is 500. The van der Waals surface area contributed by atoms with Gasteiger partial charge in [0.15, 0.2) is 12.4 Å². The highest BCUT2D eigenvalue weighted by Gasteiger charge is 2.14. The number of ether oxygens (including phenoxy) is 1. The molecule has 0 fully saturated rings. The fourth-order valence-corrected chi connectivity index (χ4v) is 1.20. The Morgan fingerprint density at radius 1 is 1.50 bits per heavy atom. The fourth-order valence-electron chi connectivity index (χ4n) is 1.20. The Morgan fingerprint density at radius 2 is 2.31 bits per heavy atom. The maximum atomic E-state index is 11.5. The Kier molecular flexibility index (Phi) is 2.72. The zero-order valence-electron chi connectivity index (χ0n) is 8.89. The largest absolute Gasteiger partial charge is 0.469 e. The van der Waals surface area contributed by atoms with Crippen LogP contribution in [0, 0.1) is 13.8 Å². The summed E-state index contributed by atoms with van der Waals surface area (Å²) in [7, 11) is 0. The van der Waals surface area contributed by atoms with Crippen LogP contribution >= 0.6 is 0 Å². The van der Waals surface area contributed by atoms with E-state index in [2.05, 4.69) is 10.1 Å². The molecule has 0 saturated heterocycles. The van der Waals surface area contributed by atoms with Crippen molar-refractivity contribution in [1.82, 2.24) is 10.1 Å².